The van der Waals surface area contributed by atoms with E-state index >= 15 is 0 Å². The molecule has 152 valence electrons. The fourth-order valence-corrected chi connectivity index (χ4v) is 4.09. The van der Waals surface area contributed by atoms with Crippen molar-refractivity contribution in [1.82, 2.24) is 24.9 Å². The summed E-state index contributed by atoms with van der Waals surface area (Å²) in [7, 11) is 0. The average molecular weight is 397 g/mol. The van der Waals surface area contributed by atoms with Gasteiger partial charge in [-0.25, -0.2) is 9.07 Å². The quantitative estimate of drug-likeness (QED) is 0.657. The Balaban J connectivity index is 1.45. The summed E-state index contributed by atoms with van der Waals surface area (Å²) in [6, 6.07) is 6.70. The molecular weight excluding hydrogens is 373 g/mol. The number of aryl methyl sites for hydroxylation is 1. The van der Waals surface area contributed by atoms with Crippen LogP contribution in [0.4, 0.5) is 4.39 Å². The third-order valence-corrected chi connectivity index (χ3v) is 5.75. The van der Waals surface area contributed by atoms with Crippen LogP contribution in [0.1, 0.15) is 53.5 Å². The minimum Gasteiger partial charge on any atom is -0.424 e. The topological polar surface area (TPSA) is 69.2 Å². The van der Waals surface area contributed by atoms with Crippen molar-refractivity contribution in [1.29, 1.82) is 0 Å². The number of nitrogens with zero attached hydrogens (tertiary/aromatic N) is 5. The van der Waals surface area contributed by atoms with Crippen LogP contribution in [0.15, 0.2) is 28.7 Å². The molecule has 1 aliphatic carbocycles. The standard InChI is InChI=1S/C21H24FN5O2/c1-13-20(14(2)27(25-13)17-6-4-3-5-16(17)22)18-12-28-10-9-26(18)11-19-23-24-21(29-19)15-7-8-15/h3-6,15,18H,7-12H2,1-2H3/t18-/m0/s1. The molecule has 0 bridgehead atoms. The summed E-state index contributed by atoms with van der Waals surface area (Å²) in [4.78, 5) is 2.29. The second-order valence-electron chi connectivity index (χ2n) is 7.82. The Morgan fingerprint density at radius 3 is 2.79 bits per heavy atom. The number of halogens is 1. The van der Waals surface area contributed by atoms with Crippen molar-refractivity contribution in [3.05, 3.63) is 58.8 Å². The second-order valence-corrected chi connectivity index (χ2v) is 7.82. The van der Waals surface area contributed by atoms with Crippen LogP contribution < -0.4 is 0 Å². The largest absolute Gasteiger partial charge is 0.424 e. The van der Waals surface area contributed by atoms with Crippen LogP contribution in [0.3, 0.4) is 0 Å². The highest BCUT2D eigenvalue weighted by Crippen LogP contribution is 2.39. The lowest BCUT2D eigenvalue weighted by atomic mass is 10.0. The zero-order valence-corrected chi connectivity index (χ0v) is 16.6. The fourth-order valence-electron chi connectivity index (χ4n) is 4.09. The van der Waals surface area contributed by atoms with Gasteiger partial charge in [0.1, 0.15) is 11.5 Å². The molecule has 7 nitrogen and oxygen atoms in total. The number of morpholine rings is 1. The molecule has 1 atom stereocenters. The number of ether oxygens (including phenoxy) is 1. The maximum absolute atomic E-state index is 14.4. The first kappa shape index (κ1) is 18.4. The SMILES string of the molecule is Cc1nn(-c2ccccc2F)c(C)c1[C@@H]1COCCN1Cc1nnc(C2CC2)o1. The van der Waals surface area contributed by atoms with E-state index in [1.165, 1.54) is 6.07 Å². The van der Waals surface area contributed by atoms with Gasteiger partial charge < -0.3 is 9.15 Å². The number of hydrogen-bond donors (Lipinski definition) is 0. The maximum atomic E-state index is 14.4. The second kappa shape index (κ2) is 7.35. The van der Waals surface area contributed by atoms with Gasteiger partial charge >= 0.3 is 0 Å². The van der Waals surface area contributed by atoms with E-state index < -0.39 is 0 Å². The summed E-state index contributed by atoms with van der Waals surface area (Å²) >= 11 is 0. The van der Waals surface area contributed by atoms with E-state index in [0.717, 1.165) is 42.2 Å². The lowest BCUT2D eigenvalue weighted by Gasteiger charge is -2.35. The molecule has 3 heterocycles. The summed E-state index contributed by atoms with van der Waals surface area (Å²) < 4.78 is 27.7. The Morgan fingerprint density at radius 1 is 1.17 bits per heavy atom. The Labute approximate surface area is 168 Å². The third kappa shape index (κ3) is 3.47. The van der Waals surface area contributed by atoms with Gasteiger partial charge in [0.05, 0.1) is 31.5 Å². The molecule has 1 saturated heterocycles. The zero-order valence-electron chi connectivity index (χ0n) is 16.6. The summed E-state index contributed by atoms with van der Waals surface area (Å²) in [5.41, 5.74) is 3.30. The smallest absolute Gasteiger partial charge is 0.230 e. The third-order valence-electron chi connectivity index (χ3n) is 5.75. The first-order chi connectivity index (χ1) is 14.1. The van der Waals surface area contributed by atoms with E-state index in [1.54, 1.807) is 16.8 Å². The predicted molar refractivity (Wildman–Crippen MR) is 103 cm³/mol. The average Bonchev–Trinajstić information content (AvgIpc) is 3.40. The van der Waals surface area contributed by atoms with E-state index in [9.17, 15) is 4.39 Å². The van der Waals surface area contributed by atoms with E-state index in [-0.39, 0.29) is 11.9 Å². The molecule has 0 radical (unpaired) electrons. The fraction of sp³-hybridized carbons (Fsp3) is 0.476. The highest BCUT2D eigenvalue weighted by molar-refractivity contribution is 5.39. The summed E-state index contributed by atoms with van der Waals surface area (Å²) in [6.45, 7) is 6.47. The van der Waals surface area contributed by atoms with Crippen LogP contribution in [0.5, 0.6) is 0 Å². The van der Waals surface area contributed by atoms with Gasteiger partial charge in [0.25, 0.3) is 0 Å². The van der Waals surface area contributed by atoms with Gasteiger partial charge in [0.15, 0.2) is 0 Å². The van der Waals surface area contributed by atoms with E-state index in [4.69, 9.17) is 9.15 Å². The van der Waals surface area contributed by atoms with Crippen LogP contribution in [0.25, 0.3) is 5.69 Å². The first-order valence-electron chi connectivity index (χ1n) is 10.1. The van der Waals surface area contributed by atoms with E-state index in [2.05, 4.69) is 20.2 Å². The molecular formula is C21H24FN5O2. The Kier molecular flexibility index (Phi) is 4.67. The molecule has 2 aliphatic rings. The highest BCUT2D eigenvalue weighted by Gasteiger charge is 2.33. The van der Waals surface area contributed by atoms with Crippen LogP contribution in [0.2, 0.25) is 0 Å². The van der Waals surface area contributed by atoms with Crippen molar-refractivity contribution < 1.29 is 13.5 Å². The first-order valence-corrected chi connectivity index (χ1v) is 10.1. The lowest BCUT2D eigenvalue weighted by molar-refractivity contribution is -0.0167. The van der Waals surface area contributed by atoms with Crippen LogP contribution in [-0.2, 0) is 11.3 Å². The summed E-state index contributed by atoms with van der Waals surface area (Å²) in [5.74, 6) is 1.54. The van der Waals surface area contributed by atoms with Gasteiger partial charge in [-0.15, -0.1) is 10.2 Å². The number of rotatable bonds is 5. The molecule has 0 spiro atoms. The van der Waals surface area contributed by atoms with Gasteiger partial charge in [0, 0.05) is 23.7 Å². The molecule has 0 amide bonds. The van der Waals surface area contributed by atoms with Crippen molar-refractivity contribution in [3.8, 4) is 5.69 Å². The molecule has 8 heteroatoms. The molecule has 1 aromatic carbocycles. The van der Waals surface area contributed by atoms with E-state index in [0.29, 0.717) is 37.3 Å². The van der Waals surface area contributed by atoms with Crippen molar-refractivity contribution in [2.24, 2.45) is 0 Å². The van der Waals surface area contributed by atoms with Crippen molar-refractivity contribution in [3.63, 3.8) is 0 Å². The molecule has 1 aliphatic heterocycles. The van der Waals surface area contributed by atoms with Crippen molar-refractivity contribution >= 4 is 0 Å². The minimum absolute atomic E-state index is 0.000508. The molecule has 0 unspecified atom stereocenters. The number of hydrogen-bond acceptors (Lipinski definition) is 6. The Morgan fingerprint density at radius 2 is 2.00 bits per heavy atom. The monoisotopic (exact) mass is 397 g/mol. The van der Waals surface area contributed by atoms with E-state index in [1.807, 2.05) is 19.9 Å². The predicted octanol–water partition coefficient (Wildman–Crippen LogP) is 3.46. The minimum atomic E-state index is -0.292. The molecule has 29 heavy (non-hydrogen) atoms. The van der Waals surface area contributed by atoms with Crippen molar-refractivity contribution in [2.45, 2.75) is 45.2 Å². The summed E-state index contributed by atoms with van der Waals surface area (Å²) in [6.07, 6.45) is 2.27. The maximum Gasteiger partial charge on any atom is 0.230 e. The van der Waals surface area contributed by atoms with Crippen LogP contribution in [0, 0.1) is 19.7 Å². The molecule has 2 fully saturated rings. The molecule has 5 rings (SSSR count). The molecule has 1 saturated carbocycles. The van der Waals surface area contributed by atoms with Crippen LogP contribution in [-0.4, -0.2) is 44.6 Å². The van der Waals surface area contributed by atoms with Gasteiger partial charge in [-0.3, -0.25) is 4.90 Å². The zero-order chi connectivity index (χ0) is 20.0. The number of benzene rings is 1. The van der Waals surface area contributed by atoms with Gasteiger partial charge in [-0.1, -0.05) is 12.1 Å². The molecule has 2 aromatic heterocycles. The van der Waals surface area contributed by atoms with Crippen molar-refractivity contribution in [2.75, 3.05) is 19.8 Å². The number of para-hydroxylation sites is 1. The van der Waals surface area contributed by atoms with Gasteiger partial charge in [0.2, 0.25) is 11.8 Å². The summed E-state index contributed by atoms with van der Waals surface area (Å²) in [5, 5.41) is 13.1. The molecule has 0 N–H and O–H groups in total. The highest BCUT2D eigenvalue weighted by atomic mass is 19.1. The number of aromatic nitrogens is 4. The normalized spacial score (nSPS) is 20.3. The Hall–Kier alpha value is -2.58. The van der Waals surface area contributed by atoms with Crippen LogP contribution >= 0.6 is 0 Å². The Bertz CT molecular complexity index is 1030. The molecule has 3 aromatic rings. The van der Waals surface area contributed by atoms with Gasteiger partial charge in [-0.2, -0.15) is 5.10 Å². The lowest BCUT2D eigenvalue weighted by Crippen LogP contribution is -2.39. The van der Waals surface area contributed by atoms with Gasteiger partial charge in [-0.05, 0) is 38.8 Å².